The Morgan fingerprint density at radius 2 is 1.85 bits per heavy atom. The number of hydrogen-bond acceptors (Lipinski definition) is 4. The van der Waals surface area contributed by atoms with Crippen LogP contribution in [0.1, 0.15) is 32.1 Å². The van der Waals surface area contributed by atoms with Gasteiger partial charge >= 0.3 is 0 Å². The first-order valence-corrected chi connectivity index (χ1v) is 10.2. The second-order valence-corrected chi connectivity index (χ2v) is 7.82. The summed E-state index contributed by atoms with van der Waals surface area (Å²) >= 11 is 0. The van der Waals surface area contributed by atoms with Crippen molar-refractivity contribution in [2.24, 2.45) is 11.8 Å². The van der Waals surface area contributed by atoms with E-state index in [0.29, 0.717) is 5.92 Å². The molecule has 1 aliphatic heterocycles. The zero-order chi connectivity index (χ0) is 17.8. The fourth-order valence-corrected chi connectivity index (χ4v) is 5.00. The number of piperazine rings is 1. The number of hydrogen-bond donors (Lipinski definition) is 0. The first-order chi connectivity index (χ1) is 12.8. The highest BCUT2D eigenvalue weighted by Gasteiger charge is 2.33. The second-order valence-electron chi connectivity index (χ2n) is 7.82. The molecule has 0 N–H and O–H groups in total. The smallest absolute Gasteiger partial charge is 0.128 e. The van der Waals surface area contributed by atoms with Gasteiger partial charge in [-0.1, -0.05) is 18.2 Å². The summed E-state index contributed by atoms with van der Waals surface area (Å²) in [5.74, 6) is 3.71. The van der Waals surface area contributed by atoms with Crippen LogP contribution in [0, 0.1) is 11.8 Å². The minimum Gasteiger partial charge on any atom is -0.501 e. The number of methoxy groups -OCH3 is 1. The summed E-state index contributed by atoms with van der Waals surface area (Å²) in [6, 6.07) is 6.97. The third kappa shape index (κ3) is 3.80. The Morgan fingerprint density at radius 3 is 2.54 bits per heavy atom. The number of pyridine rings is 1. The molecule has 0 radical (unpaired) electrons. The van der Waals surface area contributed by atoms with Gasteiger partial charge in [0.05, 0.1) is 12.9 Å². The average molecular weight is 354 g/mol. The van der Waals surface area contributed by atoms with Gasteiger partial charge in [-0.2, -0.15) is 0 Å². The number of anilines is 1. The second kappa shape index (κ2) is 8.26. The predicted octanol–water partition coefficient (Wildman–Crippen LogP) is 3.87. The lowest BCUT2D eigenvalue weighted by atomic mass is 9.74. The third-order valence-corrected chi connectivity index (χ3v) is 6.50. The van der Waals surface area contributed by atoms with Gasteiger partial charge in [0.15, 0.2) is 0 Å². The Hall–Kier alpha value is -1.81. The van der Waals surface area contributed by atoms with Crippen molar-refractivity contribution in [2.45, 2.75) is 38.1 Å². The SMILES string of the molecule is COC1=CC=CCC1C1CCC(N2CCN(c3ccccn3)CC2)CC1. The molecule has 0 amide bonds. The Morgan fingerprint density at radius 1 is 1.04 bits per heavy atom. The number of ether oxygens (including phenoxy) is 1. The fourth-order valence-electron chi connectivity index (χ4n) is 5.00. The lowest BCUT2D eigenvalue weighted by Gasteiger charge is -2.43. The van der Waals surface area contributed by atoms with Crippen LogP contribution in [-0.4, -0.2) is 49.2 Å². The number of aromatic nitrogens is 1. The van der Waals surface area contributed by atoms with Gasteiger partial charge in [0, 0.05) is 44.3 Å². The number of allylic oxidation sites excluding steroid dienone is 4. The summed E-state index contributed by atoms with van der Waals surface area (Å²) in [6.45, 7) is 4.53. The zero-order valence-corrected chi connectivity index (χ0v) is 15.9. The molecule has 0 spiro atoms. The molecule has 0 aromatic carbocycles. The van der Waals surface area contributed by atoms with E-state index in [4.69, 9.17) is 4.74 Å². The van der Waals surface area contributed by atoms with Gasteiger partial charge in [-0.05, 0) is 56.2 Å². The molecule has 4 nitrogen and oxygen atoms in total. The lowest BCUT2D eigenvalue weighted by Crippen LogP contribution is -2.51. The van der Waals surface area contributed by atoms with E-state index in [0.717, 1.165) is 37.3 Å². The predicted molar refractivity (Wildman–Crippen MR) is 106 cm³/mol. The van der Waals surface area contributed by atoms with E-state index in [1.165, 1.54) is 44.5 Å². The van der Waals surface area contributed by atoms with E-state index >= 15 is 0 Å². The lowest BCUT2D eigenvalue weighted by molar-refractivity contribution is 0.103. The summed E-state index contributed by atoms with van der Waals surface area (Å²) < 4.78 is 5.64. The highest BCUT2D eigenvalue weighted by atomic mass is 16.5. The molecular formula is C22H31N3O. The van der Waals surface area contributed by atoms with Crippen LogP contribution in [-0.2, 0) is 4.74 Å². The van der Waals surface area contributed by atoms with E-state index in [1.807, 2.05) is 19.4 Å². The molecule has 4 rings (SSSR count). The Kier molecular flexibility index (Phi) is 5.59. The van der Waals surface area contributed by atoms with Crippen molar-refractivity contribution in [3.05, 3.63) is 48.4 Å². The Balaban J connectivity index is 1.27. The Labute approximate surface area is 157 Å². The van der Waals surface area contributed by atoms with Crippen LogP contribution in [0.5, 0.6) is 0 Å². The molecule has 1 atom stereocenters. The number of nitrogens with zero attached hydrogens (tertiary/aromatic N) is 3. The summed E-state index contributed by atoms with van der Waals surface area (Å²) in [5, 5.41) is 0. The van der Waals surface area contributed by atoms with Crippen LogP contribution in [0.4, 0.5) is 5.82 Å². The van der Waals surface area contributed by atoms with Crippen LogP contribution in [0.25, 0.3) is 0 Å². The molecule has 4 heteroatoms. The maximum atomic E-state index is 5.64. The monoisotopic (exact) mass is 353 g/mol. The van der Waals surface area contributed by atoms with Gasteiger partial charge in [0.25, 0.3) is 0 Å². The highest BCUT2D eigenvalue weighted by Crippen LogP contribution is 2.39. The van der Waals surface area contributed by atoms with Crippen molar-refractivity contribution in [3.8, 4) is 0 Å². The molecular weight excluding hydrogens is 322 g/mol. The zero-order valence-electron chi connectivity index (χ0n) is 15.9. The Bertz CT molecular complexity index is 626. The molecule has 3 aliphatic rings. The van der Waals surface area contributed by atoms with Gasteiger partial charge in [-0.3, -0.25) is 4.90 Å². The van der Waals surface area contributed by atoms with Crippen molar-refractivity contribution < 1.29 is 4.74 Å². The van der Waals surface area contributed by atoms with E-state index < -0.39 is 0 Å². The fraction of sp³-hybridized carbons (Fsp3) is 0.591. The first-order valence-electron chi connectivity index (χ1n) is 10.2. The molecule has 1 saturated heterocycles. The van der Waals surface area contributed by atoms with E-state index in [9.17, 15) is 0 Å². The molecule has 2 aliphatic carbocycles. The number of rotatable bonds is 4. The molecule has 26 heavy (non-hydrogen) atoms. The minimum atomic E-state index is 0.604. The van der Waals surface area contributed by atoms with Crippen LogP contribution < -0.4 is 4.90 Å². The standard InChI is InChI=1S/C22H31N3O/c1-26-21-7-3-2-6-20(21)18-9-11-19(12-10-18)24-14-16-25(17-15-24)22-8-4-5-13-23-22/h2-5,7-8,13,18-20H,6,9-12,14-17H2,1H3. The van der Waals surface area contributed by atoms with Gasteiger partial charge in [0.1, 0.15) is 5.82 Å². The quantitative estimate of drug-likeness (QED) is 0.822. The van der Waals surface area contributed by atoms with E-state index in [-0.39, 0.29) is 0 Å². The van der Waals surface area contributed by atoms with Crippen LogP contribution in [0.2, 0.25) is 0 Å². The average Bonchev–Trinajstić information content (AvgIpc) is 2.74. The maximum absolute atomic E-state index is 5.64. The molecule has 1 aromatic rings. The van der Waals surface area contributed by atoms with Crippen LogP contribution >= 0.6 is 0 Å². The summed E-state index contributed by atoms with van der Waals surface area (Å²) in [4.78, 5) is 9.65. The molecule has 2 fully saturated rings. The van der Waals surface area contributed by atoms with Crippen LogP contribution in [0.15, 0.2) is 48.4 Å². The highest BCUT2D eigenvalue weighted by molar-refractivity contribution is 5.38. The van der Waals surface area contributed by atoms with E-state index in [2.05, 4.69) is 45.1 Å². The van der Waals surface area contributed by atoms with E-state index in [1.54, 1.807) is 0 Å². The minimum absolute atomic E-state index is 0.604. The van der Waals surface area contributed by atoms with Gasteiger partial charge in [0.2, 0.25) is 0 Å². The normalized spacial score (nSPS) is 30.1. The summed E-state index contributed by atoms with van der Waals surface area (Å²) in [7, 11) is 1.82. The third-order valence-electron chi connectivity index (χ3n) is 6.50. The van der Waals surface area contributed by atoms with Crippen molar-refractivity contribution in [1.82, 2.24) is 9.88 Å². The van der Waals surface area contributed by atoms with Gasteiger partial charge < -0.3 is 9.64 Å². The van der Waals surface area contributed by atoms with Crippen molar-refractivity contribution in [1.29, 1.82) is 0 Å². The molecule has 0 bridgehead atoms. The van der Waals surface area contributed by atoms with Crippen molar-refractivity contribution in [2.75, 3.05) is 38.2 Å². The summed E-state index contributed by atoms with van der Waals surface area (Å²) in [5.41, 5.74) is 0. The first kappa shape index (κ1) is 17.6. The molecule has 2 heterocycles. The van der Waals surface area contributed by atoms with Crippen molar-refractivity contribution >= 4 is 5.82 Å². The molecule has 1 saturated carbocycles. The largest absolute Gasteiger partial charge is 0.501 e. The topological polar surface area (TPSA) is 28.6 Å². The summed E-state index contributed by atoms with van der Waals surface area (Å²) in [6.07, 6.45) is 15.0. The van der Waals surface area contributed by atoms with Crippen molar-refractivity contribution in [3.63, 3.8) is 0 Å². The molecule has 140 valence electrons. The van der Waals surface area contributed by atoms with Crippen LogP contribution in [0.3, 0.4) is 0 Å². The molecule has 1 unspecified atom stereocenters. The van der Waals surface area contributed by atoms with Gasteiger partial charge in [-0.15, -0.1) is 0 Å². The molecule has 1 aromatic heterocycles. The van der Waals surface area contributed by atoms with Gasteiger partial charge in [-0.25, -0.2) is 4.98 Å². The maximum Gasteiger partial charge on any atom is 0.128 e.